The summed E-state index contributed by atoms with van der Waals surface area (Å²) in [7, 11) is 0. The second-order valence-electron chi connectivity index (χ2n) is 5.10. The number of thiocarbonyl (C=S) groups is 1. The summed E-state index contributed by atoms with van der Waals surface area (Å²) < 4.78 is 39.6. The molecule has 0 aliphatic heterocycles. The van der Waals surface area contributed by atoms with E-state index in [-0.39, 0.29) is 10.8 Å². The Morgan fingerprint density at radius 3 is 2.64 bits per heavy atom. The second kappa shape index (κ2) is 7.51. The highest BCUT2D eigenvalue weighted by atomic mass is 32.1. The zero-order chi connectivity index (χ0) is 18.6. The molecule has 3 N–H and O–H groups in total. The Morgan fingerprint density at radius 2 is 2.00 bits per heavy atom. The molecule has 1 amide bonds. The van der Waals surface area contributed by atoms with E-state index in [0.717, 1.165) is 12.1 Å². The zero-order valence-corrected chi connectivity index (χ0v) is 14.3. The summed E-state index contributed by atoms with van der Waals surface area (Å²) in [4.78, 5) is 12.1. The van der Waals surface area contributed by atoms with E-state index in [0.29, 0.717) is 17.9 Å². The number of halogens is 3. The van der Waals surface area contributed by atoms with Gasteiger partial charge in [0.1, 0.15) is 5.69 Å². The number of nitrogens with one attached hydrogen (secondary N) is 3. The maximum Gasteiger partial charge on any atom is 0.416 e. The third kappa shape index (κ3) is 4.92. The molecule has 0 radical (unpaired) electrons. The number of hydrogen-bond donors (Lipinski definition) is 3. The van der Waals surface area contributed by atoms with Crippen LogP contribution in [-0.2, 0) is 12.7 Å². The summed E-state index contributed by atoms with van der Waals surface area (Å²) in [5.41, 5.74) is 5.21. The first-order valence-corrected chi connectivity index (χ1v) is 7.70. The van der Waals surface area contributed by atoms with Gasteiger partial charge in [0.15, 0.2) is 5.11 Å². The molecule has 0 unspecified atom stereocenters. The fraction of sp³-hybridized carbons (Fsp3) is 0.267. The van der Waals surface area contributed by atoms with E-state index < -0.39 is 17.6 Å². The van der Waals surface area contributed by atoms with E-state index in [1.807, 2.05) is 6.92 Å². The number of anilines is 1. The molecule has 1 aromatic carbocycles. The zero-order valence-electron chi connectivity index (χ0n) is 13.4. The van der Waals surface area contributed by atoms with Gasteiger partial charge in [0.05, 0.1) is 11.3 Å². The van der Waals surface area contributed by atoms with Gasteiger partial charge < -0.3 is 5.32 Å². The molecular formula is C15H16F3N5OS. The number of amides is 1. The Bertz CT molecular complexity index is 788. The van der Waals surface area contributed by atoms with Crippen LogP contribution in [0, 0.1) is 6.92 Å². The van der Waals surface area contributed by atoms with Crippen LogP contribution in [0.3, 0.4) is 0 Å². The van der Waals surface area contributed by atoms with Crippen LogP contribution in [0.15, 0.2) is 30.3 Å². The Kier molecular flexibility index (Phi) is 5.62. The second-order valence-corrected chi connectivity index (χ2v) is 5.51. The van der Waals surface area contributed by atoms with Gasteiger partial charge in [-0.15, -0.1) is 0 Å². The summed E-state index contributed by atoms with van der Waals surface area (Å²) in [6, 6.07) is 6.18. The Morgan fingerprint density at radius 1 is 1.28 bits per heavy atom. The lowest BCUT2D eigenvalue weighted by Crippen LogP contribution is -2.44. The van der Waals surface area contributed by atoms with Crippen molar-refractivity contribution in [1.82, 2.24) is 20.6 Å². The molecule has 0 aliphatic carbocycles. The lowest BCUT2D eigenvalue weighted by Gasteiger charge is -2.13. The van der Waals surface area contributed by atoms with Gasteiger partial charge in [0, 0.05) is 12.2 Å². The number of hydrogen-bond acceptors (Lipinski definition) is 3. The van der Waals surface area contributed by atoms with E-state index in [2.05, 4.69) is 21.3 Å². The highest BCUT2D eigenvalue weighted by Gasteiger charge is 2.30. The van der Waals surface area contributed by atoms with Gasteiger partial charge >= 0.3 is 6.18 Å². The van der Waals surface area contributed by atoms with Crippen LogP contribution >= 0.6 is 12.2 Å². The van der Waals surface area contributed by atoms with Crippen LogP contribution in [0.1, 0.15) is 28.7 Å². The largest absolute Gasteiger partial charge is 0.416 e. The van der Waals surface area contributed by atoms with E-state index in [1.165, 1.54) is 16.8 Å². The van der Waals surface area contributed by atoms with Gasteiger partial charge in [-0.2, -0.15) is 18.3 Å². The van der Waals surface area contributed by atoms with Gasteiger partial charge in [-0.1, -0.05) is 6.07 Å². The molecule has 10 heteroatoms. The summed E-state index contributed by atoms with van der Waals surface area (Å²) >= 11 is 4.97. The lowest BCUT2D eigenvalue weighted by atomic mass is 10.2. The molecule has 2 aromatic rings. The Balaban J connectivity index is 1.96. The molecule has 0 fully saturated rings. The smallest absolute Gasteiger partial charge is 0.331 e. The summed E-state index contributed by atoms with van der Waals surface area (Å²) in [5, 5.41) is 6.68. The van der Waals surface area contributed by atoms with Crippen molar-refractivity contribution < 1.29 is 18.0 Å². The number of hydrazine groups is 1. The molecule has 0 aliphatic rings. The first-order valence-electron chi connectivity index (χ1n) is 7.29. The maximum absolute atomic E-state index is 12.7. The number of carbonyl (C=O) groups is 1. The average Bonchev–Trinajstić information content (AvgIpc) is 2.93. The summed E-state index contributed by atoms with van der Waals surface area (Å²) in [6.07, 6.45) is -4.45. The van der Waals surface area contributed by atoms with E-state index >= 15 is 0 Å². The topological polar surface area (TPSA) is 71.0 Å². The van der Waals surface area contributed by atoms with Crippen molar-refractivity contribution >= 4 is 28.9 Å². The van der Waals surface area contributed by atoms with Crippen molar-refractivity contribution in [3.63, 3.8) is 0 Å². The minimum absolute atomic E-state index is 0.0491. The number of aryl methyl sites for hydroxylation is 2. The van der Waals surface area contributed by atoms with Crippen LogP contribution in [0.4, 0.5) is 18.9 Å². The third-order valence-corrected chi connectivity index (χ3v) is 3.38. The van der Waals surface area contributed by atoms with Crippen molar-refractivity contribution in [2.24, 2.45) is 0 Å². The average molecular weight is 371 g/mol. The minimum Gasteiger partial charge on any atom is -0.331 e. The fourth-order valence-corrected chi connectivity index (χ4v) is 2.25. The van der Waals surface area contributed by atoms with Gasteiger partial charge in [0.2, 0.25) is 0 Å². The fourth-order valence-electron chi connectivity index (χ4n) is 2.08. The number of nitrogens with zero attached hydrogens (tertiary/aromatic N) is 2. The standard InChI is InChI=1S/C15H16F3N5OS/c1-3-23-12(7-9(2)22-23)13(24)20-21-14(25)19-11-6-4-5-10(8-11)15(16,17)18/h4-8H,3H2,1-2H3,(H,20,24)(H2,19,21,25). The van der Waals surface area contributed by atoms with Gasteiger partial charge in [-0.25, -0.2) is 0 Å². The number of benzene rings is 1. The monoisotopic (exact) mass is 371 g/mol. The molecule has 1 heterocycles. The predicted molar refractivity (Wildman–Crippen MR) is 90.9 cm³/mol. The van der Waals surface area contributed by atoms with Crippen molar-refractivity contribution in [3.8, 4) is 0 Å². The van der Waals surface area contributed by atoms with Crippen molar-refractivity contribution in [1.29, 1.82) is 0 Å². The normalized spacial score (nSPS) is 11.1. The van der Waals surface area contributed by atoms with Crippen LogP contribution in [0.2, 0.25) is 0 Å². The van der Waals surface area contributed by atoms with Gasteiger partial charge in [-0.05, 0) is 50.3 Å². The SMILES string of the molecule is CCn1nc(C)cc1C(=O)NNC(=S)Nc1cccc(C(F)(F)F)c1. The van der Waals surface area contributed by atoms with E-state index in [1.54, 1.807) is 13.0 Å². The molecular weight excluding hydrogens is 355 g/mol. The van der Waals surface area contributed by atoms with Gasteiger partial charge in [0.25, 0.3) is 5.91 Å². The third-order valence-electron chi connectivity index (χ3n) is 3.17. The Hall–Kier alpha value is -2.62. The number of rotatable bonds is 3. The van der Waals surface area contributed by atoms with Crippen LogP contribution in [0.25, 0.3) is 0 Å². The highest BCUT2D eigenvalue weighted by Crippen LogP contribution is 2.30. The van der Waals surface area contributed by atoms with Crippen LogP contribution < -0.4 is 16.2 Å². The van der Waals surface area contributed by atoms with Crippen LogP contribution in [-0.4, -0.2) is 20.8 Å². The molecule has 1 aromatic heterocycles. The molecule has 6 nitrogen and oxygen atoms in total. The molecule has 0 saturated heterocycles. The molecule has 0 spiro atoms. The minimum atomic E-state index is -4.45. The van der Waals surface area contributed by atoms with Gasteiger partial charge in [-0.3, -0.25) is 20.3 Å². The lowest BCUT2D eigenvalue weighted by molar-refractivity contribution is -0.137. The predicted octanol–water partition coefficient (Wildman–Crippen LogP) is 2.86. The molecule has 0 atom stereocenters. The summed E-state index contributed by atoms with van der Waals surface area (Å²) in [5.74, 6) is -0.462. The first kappa shape index (κ1) is 18.7. The molecule has 25 heavy (non-hydrogen) atoms. The molecule has 2 rings (SSSR count). The molecule has 0 saturated carbocycles. The van der Waals surface area contributed by atoms with Crippen molar-refractivity contribution in [2.45, 2.75) is 26.6 Å². The first-order chi connectivity index (χ1) is 11.7. The molecule has 0 bridgehead atoms. The van der Waals surface area contributed by atoms with Crippen molar-refractivity contribution in [2.75, 3.05) is 5.32 Å². The maximum atomic E-state index is 12.7. The molecule has 134 valence electrons. The van der Waals surface area contributed by atoms with E-state index in [4.69, 9.17) is 12.2 Å². The number of alkyl halides is 3. The Labute approximate surface area is 147 Å². The highest BCUT2D eigenvalue weighted by molar-refractivity contribution is 7.80. The van der Waals surface area contributed by atoms with Crippen molar-refractivity contribution in [3.05, 3.63) is 47.3 Å². The quantitative estimate of drug-likeness (QED) is 0.572. The summed E-state index contributed by atoms with van der Waals surface area (Å²) in [6.45, 7) is 4.12. The van der Waals surface area contributed by atoms with Crippen LogP contribution in [0.5, 0.6) is 0 Å². The number of carbonyl (C=O) groups excluding carboxylic acids is 1. The number of aromatic nitrogens is 2. The van der Waals surface area contributed by atoms with E-state index in [9.17, 15) is 18.0 Å².